The zero-order chi connectivity index (χ0) is 19.0. The van der Waals surface area contributed by atoms with E-state index in [0.29, 0.717) is 31.5 Å². The largest absolute Gasteiger partial charge is 0.422 e. The second kappa shape index (κ2) is 6.94. The standard InChI is InChI=1S/C21H25N3O3/c1-15-9-16(2)20-18(10-15)17(11-19(25)27-20)12-23-6-3-21(26,4-7-23)13-24-8-5-22-14-24/h5,8-11,14,26H,3-4,6-7,12-13H2,1-2H3. The van der Waals surface area contributed by atoms with E-state index in [0.717, 1.165) is 35.2 Å². The van der Waals surface area contributed by atoms with Crippen LogP contribution in [0.15, 0.2) is 46.1 Å². The molecule has 0 unspecified atom stereocenters. The molecule has 1 aliphatic heterocycles. The number of fused-ring (bicyclic) bond motifs is 1. The van der Waals surface area contributed by atoms with E-state index < -0.39 is 5.60 Å². The zero-order valence-electron chi connectivity index (χ0n) is 15.8. The van der Waals surface area contributed by atoms with Crippen LogP contribution >= 0.6 is 0 Å². The Morgan fingerprint density at radius 2 is 2.00 bits per heavy atom. The Hall–Kier alpha value is -2.44. The number of imidazole rings is 1. The summed E-state index contributed by atoms with van der Waals surface area (Å²) in [5.41, 5.74) is 2.80. The fourth-order valence-corrected chi connectivity index (χ4v) is 4.06. The summed E-state index contributed by atoms with van der Waals surface area (Å²) in [6.45, 7) is 6.86. The van der Waals surface area contributed by atoms with E-state index in [1.54, 1.807) is 18.6 Å². The number of nitrogens with zero attached hydrogens (tertiary/aromatic N) is 3. The predicted octanol–water partition coefficient (Wildman–Crippen LogP) is 2.63. The van der Waals surface area contributed by atoms with Crippen molar-refractivity contribution in [3.63, 3.8) is 0 Å². The lowest BCUT2D eigenvalue weighted by molar-refractivity contribution is -0.0357. The van der Waals surface area contributed by atoms with Crippen LogP contribution in [0.4, 0.5) is 0 Å². The third kappa shape index (κ3) is 3.82. The quantitative estimate of drug-likeness (QED) is 0.718. The summed E-state index contributed by atoms with van der Waals surface area (Å²) in [6.07, 6.45) is 6.74. The number of hydrogen-bond donors (Lipinski definition) is 1. The lowest BCUT2D eigenvalue weighted by Crippen LogP contribution is -2.46. The molecule has 0 radical (unpaired) electrons. The van der Waals surface area contributed by atoms with Crippen molar-refractivity contribution < 1.29 is 9.52 Å². The molecule has 4 rings (SSSR count). The Kier molecular flexibility index (Phi) is 4.61. The Morgan fingerprint density at radius 1 is 1.22 bits per heavy atom. The van der Waals surface area contributed by atoms with E-state index in [4.69, 9.17) is 4.42 Å². The third-order valence-electron chi connectivity index (χ3n) is 5.48. The molecule has 27 heavy (non-hydrogen) atoms. The minimum Gasteiger partial charge on any atom is -0.422 e. The first kappa shape index (κ1) is 17.9. The molecule has 1 fully saturated rings. The molecule has 0 aliphatic carbocycles. The molecule has 0 atom stereocenters. The maximum Gasteiger partial charge on any atom is 0.336 e. The van der Waals surface area contributed by atoms with Gasteiger partial charge < -0.3 is 14.1 Å². The van der Waals surface area contributed by atoms with Crippen LogP contribution < -0.4 is 5.63 Å². The molecule has 142 valence electrons. The highest BCUT2D eigenvalue weighted by molar-refractivity contribution is 5.83. The Balaban J connectivity index is 1.52. The molecule has 0 amide bonds. The number of benzene rings is 1. The number of rotatable bonds is 4. The van der Waals surface area contributed by atoms with Crippen LogP contribution in [0, 0.1) is 13.8 Å². The van der Waals surface area contributed by atoms with Crippen molar-refractivity contribution >= 4 is 11.0 Å². The molecule has 6 heteroatoms. The average Bonchev–Trinajstić information content (AvgIpc) is 3.11. The van der Waals surface area contributed by atoms with E-state index in [1.807, 2.05) is 23.8 Å². The Bertz CT molecular complexity index is 999. The van der Waals surface area contributed by atoms with Gasteiger partial charge in [-0.15, -0.1) is 0 Å². The van der Waals surface area contributed by atoms with E-state index in [1.165, 1.54) is 0 Å². The van der Waals surface area contributed by atoms with Crippen molar-refractivity contribution in [1.82, 2.24) is 14.5 Å². The first-order valence-electron chi connectivity index (χ1n) is 9.36. The number of piperidine rings is 1. The molecule has 1 N–H and O–H groups in total. The van der Waals surface area contributed by atoms with Crippen LogP contribution in [0.3, 0.4) is 0 Å². The SMILES string of the molecule is Cc1cc(C)c2oc(=O)cc(CN3CCC(O)(Cn4ccnc4)CC3)c2c1. The van der Waals surface area contributed by atoms with Crippen LogP contribution in [0.1, 0.15) is 29.5 Å². The van der Waals surface area contributed by atoms with Gasteiger partial charge in [0.2, 0.25) is 0 Å². The molecular formula is C21H25N3O3. The van der Waals surface area contributed by atoms with Crippen molar-refractivity contribution in [1.29, 1.82) is 0 Å². The van der Waals surface area contributed by atoms with Crippen LogP contribution in [-0.2, 0) is 13.1 Å². The third-order valence-corrected chi connectivity index (χ3v) is 5.48. The summed E-state index contributed by atoms with van der Waals surface area (Å²) < 4.78 is 7.37. The maximum atomic E-state index is 12.0. The number of aromatic nitrogens is 2. The molecule has 0 saturated carbocycles. The van der Waals surface area contributed by atoms with Gasteiger partial charge in [0.1, 0.15) is 5.58 Å². The van der Waals surface area contributed by atoms with Gasteiger partial charge >= 0.3 is 5.63 Å². The van der Waals surface area contributed by atoms with Crippen molar-refractivity contribution in [2.75, 3.05) is 13.1 Å². The van der Waals surface area contributed by atoms with Gasteiger partial charge in [0.15, 0.2) is 0 Å². The number of hydrogen-bond acceptors (Lipinski definition) is 5. The van der Waals surface area contributed by atoms with Gasteiger partial charge in [0, 0.05) is 43.5 Å². The zero-order valence-corrected chi connectivity index (χ0v) is 15.8. The smallest absolute Gasteiger partial charge is 0.336 e. The fraction of sp³-hybridized carbons (Fsp3) is 0.429. The summed E-state index contributed by atoms with van der Waals surface area (Å²) in [6, 6.07) is 5.72. The van der Waals surface area contributed by atoms with Crippen molar-refractivity contribution in [2.45, 2.75) is 45.4 Å². The number of aliphatic hydroxyl groups is 1. The molecule has 1 aliphatic rings. The lowest BCUT2D eigenvalue weighted by Gasteiger charge is -2.38. The van der Waals surface area contributed by atoms with E-state index in [2.05, 4.69) is 22.9 Å². The van der Waals surface area contributed by atoms with Gasteiger partial charge in [-0.05, 0) is 49.4 Å². The van der Waals surface area contributed by atoms with Gasteiger partial charge in [-0.25, -0.2) is 9.78 Å². The number of likely N-dealkylation sites (tertiary alicyclic amines) is 1. The van der Waals surface area contributed by atoms with Crippen LogP contribution in [-0.4, -0.2) is 38.2 Å². The van der Waals surface area contributed by atoms with Gasteiger partial charge in [-0.2, -0.15) is 0 Å². The van der Waals surface area contributed by atoms with Gasteiger partial charge in [0.25, 0.3) is 0 Å². The van der Waals surface area contributed by atoms with Crippen LogP contribution in [0.25, 0.3) is 11.0 Å². The summed E-state index contributed by atoms with van der Waals surface area (Å²) in [7, 11) is 0. The average molecular weight is 367 g/mol. The molecular weight excluding hydrogens is 342 g/mol. The molecule has 3 aromatic rings. The second-order valence-electron chi connectivity index (χ2n) is 7.78. The Labute approximate surface area is 158 Å². The summed E-state index contributed by atoms with van der Waals surface area (Å²) in [4.78, 5) is 18.4. The lowest BCUT2D eigenvalue weighted by atomic mass is 9.91. The molecule has 3 heterocycles. The number of aryl methyl sites for hydroxylation is 2. The van der Waals surface area contributed by atoms with E-state index in [-0.39, 0.29) is 5.63 Å². The van der Waals surface area contributed by atoms with E-state index >= 15 is 0 Å². The van der Waals surface area contributed by atoms with E-state index in [9.17, 15) is 9.90 Å². The molecule has 0 spiro atoms. The highest BCUT2D eigenvalue weighted by Crippen LogP contribution is 2.28. The summed E-state index contributed by atoms with van der Waals surface area (Å²) in [5, 5.41) is 11.9. The molecule has 6 nitrogen and oxygen atoms in total. The fourth-order valence-electron chi connectivity index (χ4n) is 4.06. The minimum absolute atomic E-state index is 0.307. The van der Waals surface area contributed by atoms with Crippen LogP contribution in [0.5, 0.6) is 0 Å². The van der Waals surface area contributed by atoms with Crippen molar-refractivity contribution in [3.8, 4) is 0 Å². The monoisotopic (exact) mass is 367 g/mol. The van der Waals surface area contributed by atoms with Gasteiger partial charge in [0.05, 0.1) is 18.5 Å². The molecule has 1 aromatic carbocycles. The predicted molar refractivity (Wildman–Crippen MR) is 104 cm³/mol. The minimum atomic E-state index is -0.706. The topological polar surface area (TPSA) is 71.5 Å². The Morgan fingerprint density at radius 3 is 2.70 bits per heavy atom. The maximum absolute atomic E-state index is 12.0. The highest BCUT2D eigenvalue weighted by Gasteiger charge is 2.32. The first-order chi connectivity index (χ1) is 12.9. The molecule has 1 saturated heterocycles. The summed E-state index contributed by atoms with van der Waals surface area (Å²) in [5.74, 6) is 0. The van der Waals surface area contributed by atoms with Gasteiger partial charge in [-0.1, -0.05) is 6.07 Å². The first-order valence-corrected chi connectivity index (χ1v) is 9.36. The normalized spacial score (nSPS) is 17.4. The van der Waals surface area contributed by atoms with Gasteiger partial charge in [-0.3, -0.25) is 4.90 Å². The summed E-state index contributed by atoms with van der Waals surface area (Å²) >= 11 is 0. The molecule has 0 bridgehead atoms. The van der Waals surface area contributed by atoms with Crippen molar-refractivity contribution in [2.24, 2.45) is 0 Å². The van der Waals surface area contributed by atoms with Crippen molar-refractivity contribution in [3.05, 3.63) is 64.0 Å². The van der Waals surface area contributed by atoms with Crippen LogP contribution in [0.2, 0.25) is 0 Å². The molecule has 2 aromatic heterocycles. The highest BCUT2D eigenvalue weighted by atomic mass is 16.4. The second-order valence-corrected chi connectivity index (χ2v) is 7.78.